The number of amides is 2. The zero-order chi connectivity index (χ0) is 15.7. The Morgan fingerprint density at radius 2 is 1.71 bits per heavy atom. The Bertz CT molecular complexity index is 496. The van der Waals surface area contributed by atoms with Crippen molar-refractivity contribution in [3.63, 3.8) is 0 Å². The van der Waals surface area contributed by atoms with Crippen molar-refractivity contribution >= 4 is 11.8 Å². The van der Waals surface area contributed by atoms with Crippen LogP contribution in [0.1, 0.15) is 22.3 Å². The molecule has 1 rings (SSSR count). The number of hydrogen-bond acceptors (Lipinski definition) is 2. The number of hydrogen-bond donors (Lipinski definition) is 1. The summed E-state index contributed by atoms with van der Waals surface area (Å²) >= 11 is 0. The summed E-state index contributed by atoms with van der Waals surface area (Å²) in [6.45, 7) is 10.4. The highest BCUT2D eigenvalue weighted by atomic mass is 16.2. The number of carbonyl (C=O) groups excluding carboxylic acids is 2. The van der Waals surface area contributed by atoms with Gasteiger partial charge in [0.1, 0.15) is 0 Å². The van der Waals surface area contributed by atoms with Crippen LogP contribution in [-0.2, 0) is 0 Å². The standard InChI is InChI=1S/C17H22N2O2/c1-4-12-19(13-5-2)17(21)18-11-10-16(20)15-8-6-14(3)7-9-15/h4-9H,1-2,10-13H2,3H3,(H,18,21). The lowest BCUT2D eigenvalue weighted by Gasteiger charge is -2.19. The average Bonchev–Trinajstić information content (AvgIpc) is 2.47. The summed E-state index contributed by atoms with van der Waals surface area (Å²) in [4.78, 5) is 25.4. The molecule has 1 aromatic rings. The van der Waals surface area contributed by atoms with Crippen LogP contribution in [0, 0.1) is 6.92 Å². The molecule has 2 amide bonds. The smallest absolute Gasteiger partial charge is 0.317 e. The molecule has 0 aliphatic rings. The molecule has 112 valence electrons. The molecule has 0 unspecified atom stereocenters. The molecule has 0 atom stereocenters. The summed E-state index contributed by atoms with van der Waals surface area (Å²) in [7, 11) is 0. The molecule has 0 fully saturated rings. The fraction of sp³-hybridized carbons (Fsp3) is 0.294. The quantitative estimate of drug-likeness (QED) is 0.590. The molecule has 0 heterocycles. The third kappa shape index (κ3) is 5.65. The molecule has 1 N–H and O–H groups in total. The molecule has 4 nitrogen and oxygen atoms in total. The molecule has 0 saturated heterocycles. The van der Waals surface area contributed by atoms with Crippen LogP contribution in [0.2, 0.25) is 0 Å². The van der Waals surface area contributed by atoms with E-state index < -0.39 is 0 Å². The molecule has 0 aromatic heterocycles. The second-order valence-corrected chi connectivity index (χ2v) is 4.75. The third-order valence-corrected chi connectivity index (χ3v) is 2.99. The Morgan fingerprint density at radius 1 is 1.14 bits per heavy atom. The first kappa shape index (κ1) is 16.7. The van der Waals surface area contributed by atoms with Crippen LogP contribution in [0.15, 0.2) is 49.6 Å². The van der Waals surface area contributed by atoms with E-state index in [-0.39, 0.29) is 18.2 Å². The highest BCUT2D eigenvalue weighted by molar-refractivity contribution is 5.96. The van der Waals surface area contributed by atoms with Crippen molar-refractivity contribution in [1.82, 2.24) is 10.2 Å². The molecule has 0 spiro atoms. The Labute approximate surface area is 126 Å². The van der Waals surface area contributed by atoms with E-state index in [1.54, 1.807) is 29.2 Å². The summed E-state index contributed by atoms with van der Waals surface area (Å²) in [5.41, 5.74) is 1.79. The van der Waals surface area contributed by atoms with E-state index in [4.69, 9.17) is 0 Å². The molecule has 1 aromatic carbocycles. The van der Waals surface area contributed by atoms with Crippen molar-refractivity contribution < 1.29 is 9.59 Å². The van der Waals surface area contributed by atoms with Crippen molar-refractivity contribution in [3.8, 4) is 0 Å². The van der Waals surface area contributed by atoms with Crippen LogP contribution in [0.25, 0.3) is 0 Å². The predicted molar refractivity (Wildman–Crippen MR) is 85.5 cm³/mol. The normalized spacial score (nSPS) is 9.76. The second-order valence-electron chi connectivity index (χ2n) is 4.75. The number of Topliss-reactive ketones (excluding diaryl/α,β-unsaturated/α-hetero) is 1. The monoisotopic (exact) mass is 286 g/mol. The van der Waals surface area contributed by atoms with E-state index in [2.05, 4.69) is 18.5 Å². The van der Waals surface area contributed by atoms with E-state index in [1.807, 2.05) is 19.1 Å². The van der Waals surface area contributed by atoms with E-state index in [9.17, 15) is 9.59 Å². The summed E-state index contributed by atoms with van der Waals surface area (Å²) in [5, 5.41) is 2.74. The fourth-order valence-electron chi connectivity index (χ4n) is 1.83. The minimum atomic E-state index is -0.216. The molecule has 0 bridgehead atoms. The number of rotatable bonds is 8. The molecular formula is C17H22N2O2. The van der Waals surface area contributed by atoms with Gasteiger partial charge in [-0.15, -0.1) is 13.2 Å². The number of aryl methyl sites for hydroxylation is 1. The van der Waals surface area contributed by atoms with Crippen LogP contribution >= 0.6 is 0 Å². The highest BCUT2D eigenvalue weighted by Gasteiger charge is 2.11. The third-order valence-electron chi connectivity index (χ3n) is 2.99. The average molecular weight is 286 g/mol. The van der Waals surface area contributed by atoms with Crippen LogP contribution in [0.3, 0.4) is 0 Å². The van der Waals surface area contributed by atoms with Crippen molar-refractivity contribution in [2.24, 2.45) is 0 Å². The van der Waals surface area contributed by atoms with Crippen molar-refractivity contribution in [1.29, 1.82) is 0 Å². The Hall–Kier alpha value is -2.36. The minimum Gasteiger partial charge on any atom is -0.338 e. The molecule has 21 heavy (non-hydrogen) atoms. The van der Waals surface area contributed by atoms with Gasteiger partial charge in [-0.25, -0.2) is 4.79 Å². The van der Waals surface area contributed by atoms with E-state index in [1.165, 1.54) is 0 Å². The topological polar surface area (TPSA) is 49.4 Å². The summed E-state index contributed by atoms with van der Waals surface area (Å²) in [5.74, 6) is 0.0225. The van der Waals surface area contributed by atoms with Crippen LogP contribution in [0.4, 0.5) is 4.79 Å². The van der Waals surface area contributed by atoms with Gasteiger partial charge in [0.25, 0.3) is 0 Å². The zero-order valence-corrected chi connectivity index (χ0v) is 12.5. The Kier molecular flexibility index (Phi) is 6.95. The SMILES string of the molecule is C=CCN(CC=C)C(=O)NCCC(=O)c1ccc(C)cc1. The second kappa shape index (κ2) is 8.74. The van der Waals surface area contributed by atoms with Gasteiger partial charge in [0.2, 0.25) is 0 Å². The van der Waals surface area contributed by atoms with Gasteiger partial charge < -0.3 is 10.2 Å². The van der Waals surface area contributed by atoms with Gasteiger partial charge in [0, 0.05) is 31.6 Å². The van der Waals surface area contributed by atoms with Gasteiger partial charge in [-0.1, -0.05) is 42.0 Å². The fourth-order valence-corrected chi connectivity index (χ4v) is 1.83. The molecule has 0 aliphatic heterocycles. The van der Waals surface area contributed by atoms with Crippen LogP contribution in [-0.4, -0.2) is 36.3 Å². The number of nitrogens with one attached hydrogen (secondary N) is 1. The van der Waals surface area contributed by atoms with Crippen molar-refractivity contribution in [3.05, 3.63) is 60.7 Å². The number of nitrogens with zero attached hydrogens (tertiary/aromatic N) is 1. The number of benzene rings is 1. The van der Waals surface area contributed by atoms with E-state index >= 15 is 0 Å². The van der Waals surface area contributed by atoms with Gasteiger partial charge in [-0.2, -0.15) is 0 Å². The molecular weight excluding hydrogens is 264 g/mol. The van der Waals surface area contributed by atoms with E-state index in [0.29, 0.717) is 25.2 Å². The lowest BCUT2D eigenvalue weighted by Crippen LogP contribution is -2.40. The maximum Gasteiger partial charge on any atom is 0.317 e. The maximum absolute atomic E-state index is 12.0. The molecule has 0 aliphatic carbocycles. The highest BCUT2D eigenvalue weighted by Crippen LogP contribution is 2.05. The number of carbonyl (C=O) groups is 2. The molecule has 0 radical (unpaired) electrons. The molecule has 0 saturated carbocycles. The van der Waals surface area contributed by atoms with Gasteiger partial charge in [-0.05, 0) is 6.92 Å². The first-order valence-corrected chi connectivity index (χ1v) is 6.93. The van der Waals surface area contributed by atoms with Crippen molar-refractivity contribution in [2.75, 3.05) is 19.6 Å². The van der Waals surface area contributed by atoms with Gasteiger partial charge >= 0.3 is 6.03 Å². The predicted octanol–water partition coefficient (Wildman–Crippen LogP) is 2.95. The lowest BCUT2D eigenvalue weighted by molar-refractivity contribution is 0.0983. The van der Waals surface area contributed by atoms with Crippen LogP contribution in [0.5, 0.6) is 0 Å². The zero-order valence-electron chi connectivity index (χ0n) is 12.5. The largest absolute Gasteiger partial charge is 0.338 e. The van der Waals surface area contributed by atoms with Gasteiger partial charge in [0.05, 0.1) is 0 Å². The minimum absolute atomic E-state index is 0.0225. The number of ketones is 1. The lowest BCUT2D eigenvalue weighted by atomic mass is 10.1. The first-order valence-electron chi connectivity index (χ1n) is 6.93. The van der Waals surface area contributed by atoms with E-state index in [0.717, 1.165) is 5.56 Å². The van der Waals surface area contributed by atoms with Crippen LogP contribution < -0.4 is 5.32 Å². The van der Waals surface area contributed by atoms with Crippen molar-refractivity contribution in [2.45, 2.75) is 13.3 Å². The van der Waals surface area contributed by atoms with Gasteiger partial charge in [-0.3, -0.25) is 4.79 Å². The summed E-state index contributed by atoms with van der Waals surface area (Å²) in [6.07, 6.45) is 3.59. The number of urea groups is 1. The first-order chi connectivity index (χ1) is 10.1. The van der Waals surface area contributed by atoms with Gasteiger partial charge in [0.15, 0.2) is 5.78 Å². The molecule has 4 heteroatoms. The Morgan fingerprint density at radius 3 is 2.24 bits per heavy atom. The maximum atomic E-state index is 12.0. The summed E-state index contributed by atoms with van der Waals surface area (Å²) < 4.78 is 0. The summed E-state index contributed by atoms with van der Waals surface area (Å²) in [6, 6.07) is 7.21. The Balaban J connectivity index is 2.42.